The summed E-state index contributed by atoms with van der Waals surface area (Å²) in [6.45, 7) is 1.35. The molecule has 4 unspecified atom stereocenters. The van der Waals surface area contributed by atoms with Crippen LogP contribution in [0.15, 0.2) is 18.2 Å². The smallest absolute Gasteiger partial charge is 0.324 e. The molecule has 8 heteroatoms. The van der Waals surface area contributed by atoms with Crippen LogP contribution in [0.1, 0.15) is 18.5 Å². The normalized spacial score (nSPS) is 33.6. The van der Waals surface area contributed by atoms with Crippen molar-refractivity contribution >= 4 is 29.4 Å². The highest BCUT2D eigenvalue weighted by Crippen LogP contribution is 2.48. The second-order valence-corrected chi connectivity index (χ2v) is 6.13. The first-order valence-corrected chi connectivity index (χ1v) is 6.97. The van der Waals surface area contributed by atoms with Gasteiger partial charge < -0.3 is 10.2 Å². The zero-order chi connectivity index (χ0) is 16.2. The van der Waals surface area contributed by atoms with Gasteiger partial charge in [-0.3, -0.25) is 25.0 Å². The maximum atomic E-state index is 12.1. The third-order valence-corrected chi connectivity index (χ3v) is 4.63. The topological polar surface area (TPSA) is 116 Å². The van der Waals surface area contributed by atoms with E-state index in [1.807, 2.05) is 0 Å². The predicted octanol–water partition coefficient (Wildman–Crippen LogP) is 0.422. The number of carbonyl (C=O) groups is 3. The van der Waals surface area contributed by atoms with Gasteiger partial charge in [0.2, 0.25) is 11.8 Å². The average Bonchev–Trinajstić information content (AvgIpc) is 2.91. The van der Waals surface area contributed by atoms with Crippen molar-refractivity contribution in [3.8, 4) is 5.75 Å². The number of amides is 2. The minimum atomic E-state index is -1.61. The quantitative estimate of drug-likeness (QED) is 0.586. The lowest BCUT2D eigenvalue weighted by molar-refractivity contribution is -0.148. The molecule has 2 aliphatic rings. The number of carboxylic acid groups (broad SMARTS) is 1. The predicted molar refractivity (Wildman–Crippen MR) is 75.2 cm³/mol. The molecule has 2 heterocycles. The Hall–Kier alpha value is -2.12. The van der Waals surface area contributed by atoms with Crippen molar-refractivity contribution in [2.75, 3.05) is 0 Å². The van der Waals surface area contributed by atoms with Gasteiger partial charge in [-0.25, -0.2) is 0 Å². The lowest BCUT2D eigenvalue weighted by atomic mass is 9.80. The number of rotatable bonds is 2. The molecule has 116 valence electrons. The number of phenolic OH excluding ortho intramolecular Hbond substituents is 1. The maximum absolute atomic E-state index is 12.1. The molecule has 0 aromatic heterocycles. The molecular formula is C14H13ClN2O5. The van der Waals surface area contributed by atoms with Crippen LogP contribution in [0.2, 0.25) is 5.02 Å². The molecule has 2 fully saturated rings. The molecular weight excluding hydrogens is 312 g/mol. The molecule has 7 nitrogen and oxygen atoms in total. The summed E-state index contributed by atoms with van der Waals surface area (Å²) < 4.78 is 0. The molecule has 0 radical (unpaired) electrons. The molecule has 2 saturated heterocycles. The highest BCUT2D eigenvalue weighted by Gasteiger charge is 2.64. The van der Waals surface area contributed by atoms with E-state index in [4.69, 9.17) is 11.6 Å². The zero-order valence-electron chi connectivity index (χ0n) is 11.5. The number of phenols is 1. The van der Waals surface area contributed by atoms with E-state index in [1.54, 1.807) is 0 Å². The van der Waals surface area contributed by atoms with Gasteiger partial charge in [0, 0.05) is 16.6 Å². The number of fused-ring (bicyclic) bond motifs is 1. The Morgan fingerprint density at radius 2 is 2.00 bits per heavy atom. The summed E-state index contributed by atoms with van der Waals surface area (Å²) in [5.41, 5.74) is -1.32. The molecule has 0 spiro atoms. The van der Waals surface area contributed by atoms with Crippen LogP contribution in [0.3, 0.4) is 0 Å². The molecule has 0 bridgehead atoms. The average molecular weight is 325 g/mol. The van der Waals surface area contributed by atoms with Gasteiger partial charge in [0.05, 0.1) is 11.8 Å². The number of hydrogen-bond donors (Lipinski definition) is 4. The Bertz CT molecular complexity index is 706. The van der Waals surface area contributed by atoms with Gasteiger partial charge >= 0.3 is 5.97 Å². The minimum Gasteiger partial charge on any atom is -0.508 e. The largest absolute Gasteiger partial charge is 0.508 e. The first-order chi connectivity index (χ1) is 10.3. The van der Waals surface area contributed by atoms with E-state index in [2.05, 4.69) is 10.6 Å². The molecule has 4 N–H and O–H groups in total. The second-order valence-electron chi connectivity index (χ2n) is 5.69. The van der Waals surface area contributed by atoms with Crippen LogP contribution in [0.25, 0.3) is 0 Å². The number of nitrogens with one attached hydrogen (secondary N) is 2. The number of carboxylic acids is 1. The second kappa shape index (κ2) is 4.69. The van der Waals surface area contributed by atoms with Crippen molar-refractivity contribution in [3.05, 3.63) is 28.8 Å². The minimum absolute atomic E-state index is 0.123. The summed E-state index contributed by atoms with van der Waals surface area (Å²) in [7, 11) is 0. The van der Waals surface area contributed by atoms with Gasteiger partial charge in [-0.15, -0.1) is 0 Å². The lowest BCUT2D eigenvalue weighted by Crippen LogP contribution is -2.52. The van der Waals surface area contributed by atoms with Gasteiger partial charge in [-0.05, 0) is 25.1 Å². The van der Waals surface area contributed by atoms with E-state index in [-0.39, 0.29) is 11.3 Å². The lowest BCUT2D eigenvalue weighted by Gasteiger charge is -2.25. The molecule has 1 aromatic carbocycles. The third kappa shape index (κ3) is 1.89. The fourth-order valence-electron chi connectivity index (χ4n) is 3.31. The summed E-state index contributed by atoms with van der Waals surface area (Å²) in [5.74, 6) is -4.52. The van der Waals surface area contributed by atoms with E-state index in [0.717, 1.165) is 0 Å². The van der Waals surface area contributed by atoms with Crippen LogP contribution in [0.5, 0.6) is 5.75 Å². The van der Waals surface area contributed by atoms with Crippen molar-refractivity contribution < 1.29 is 24.6 Å². The highest BCUT2D eigenvalue weighted by molar-refractivity contribution is 6.30. The van der Waals surface area contributed by atoms with Crippen molar-refractivity contribution in [1.29, 1.82) is 0 Å². The van der Waals surface area contributed by atoms with E-state index < -0.39 is 41.2 Å². The van der Waals surface area contributed by atoms with E-state index in [1.165, 1.54) is 25.1 Å². The van der Waals surface area contributed by atoms with Crippen molar-refractivity contribution in [1.82, 2.24) is 10.6 Å². The van der Waals surface area contributed by atoms with Crippen molar-refractivity contribution in [3.63, 3.8) is 0 Å². The van der Waals surface area contributed by atoms with Gasteiger partial charge in [0.25, 0.3) is 0 Å². The Balaban J connectivity index is 2.14. The maximum Gasteiger partial charge on any atom is 0.324 e. The van der Waals surface area contributed by atoms with E-state index in [9.17, 15) is 24.6 Å². The highest BCUT2D eigenvalue weighted by atomic mass is 35.5. The van der Waals surface area contributed by atoms with Gasteiger partial charge in [-0.2, -0.15) is 0 Å². The van der Waals surface area contributed by atoms with Crippen LogP contribution in [0.4, 0.5) is 0 Å². The number of imide groups is 1. The van der Waals surface area contributed by atoms with Gasteiger partial charge in [-0.1, -0.05) is 11.6 Å². The standard InChI is InChI=1S/C14H13ClN2O5/c1-14(13(21)22)9-8(11(19)16-12(9)20)10(17-14)6-4-5(15)2-3-7(6)18/h2-4,8-10,17-18H,1H3,(H,21,22)(H,16,19,20). The Kier molecular flexibility index (Phi) is 3.15. The monoisotopic (exact) mass is 324 g/mol. The number of aliphatic carboxylic acids is 1. The van der Waals surface area contributed by atoms with Crippen molar-refractivity contribution in [2.24, 2.45) is 11.8 Å². The molecule has 22 heavy (non-hydrogen) atoms. The Morgan fingerprint density at radius 3 is 2.64 bits per heavy atom. The first kappa shape index (κ1) is 14.8. The number of aromatic hydroxyl groups is 1. The molecule has 3 rings (SSSR count). The van der Waals surface area contributed by atoms with Crippen LogP contribution in [-0.2, 0) is 14.4 Å². The van der Waals surface area contributed by atoms with Crippen LogP contribution >= 0.6 is 11.6 Å². The number of carbonyl (C=O) groups excluding carboxylic acids is 2. The van der Waals surface area contributed by atoms with E-state index >= 15 is 0 Å². The summed E-state index contributed by atoms with van der Waals surface area (Å²) in [5, 5.41) is 24.8. The molecule has 2 aliphatic heterocycles. The number of benzene rings is 1. The SMILES string of the molecule is CC1(C(=O)O)NC(c2cc(Cl)ccc2O)C2C(=O)NC(=O)C21. The molecule has 0 aliphatic carbocycles. The van der Waals surface area contributed by atoms with Gasteiger partial charge in [0.1, 0.15) is 11.3 Å². The summed E-state index contributed by atoms with van der Waals surface area (Å²) in [6, 6.07) is 3.47. The first-order valence-electron chi connectivity index (χ1n) is 6.60. The fraction of sp³-hybridized carbons (Fsp3) is 0.357. The van der Waals surface area contributed by atoms with Crippen LogP contribution in [-0.4, -0.2) is 33.5 Å². The summed E-state index contributed by atoms with van der Waals surface area (Å²) in [6.07, 6.45) is 0. The van der Waals surface area contributed by atoms with Crippen LogP contribution in [0, 0.1) is 11.8 Å². The Labute approximate surface area is 130 Å². The fourth-order valence-corrected chi connectivity index (χ4v) is 3.49. The number of hydrogen-bond acceptors (Lipinski definition) is 5. The van der Waals surface area contributed by atoms with Crippen LogP contribution < -0.4 is 10.6 Å². The number of halogens is 1. The Morgan fingerprint density at radius 1 is 1.32 bits per heavy atom. The molecule has 4 atom stereocenters. The summed E-state index contributed by atoms with van der Waals surface area (Å²) >= 11 is 5.91. The molecule has 2 amide bonds. The zero-order valence-corrected chi connectivity index (χ0v) is 12.2. The third-order valence-electron chi connectivity index (χ3n) is 4.40. The summed E-state index contributed by atoms with van der Waals surface area (Å²) in [4.78, 5) is 35.7. The molecule has 0 saturated carbocycles. The van der Waals surface area contributed by atoms with Crippen molar-refractivity contribution in [2.45, 2.75) is 18.5 Å². The molecule has 1 aromatic rings. The van der Waals surface area contributed by atoms with Gasteiger partial charge in [0.15, 0.2) is 0 Å². The van der Waals surface area contributed by atoms with E-state index in [0.29, 0.717) is 5.02 Å².